The largest absolute Gasteiger partial charge is 0.339 e. The van der Waals surface area contributed by atoms with Crippen molar-refractivity contribution in [2.24, 2.45) is 5.92 Å². The van der Waals surface area contributed by atoms with Crippen molar-refractivity contribution in [3.05, 3.63) is 29.8 Å². The number of rotatable bonds is 4. The summed E-state index contributed by atoms with van der Waals surface area (Å²) in [5, 5.41) is 0. The van der Waals surface area contributed by atoms with Gasteiger partial charge in [0.2, 0.25) is 5.91 Å². The van der Waals surface area contributed by atoms with Crippen molar-refractivity contribution >= 4 is 17.5 Å². The first-order chi connectivity index (χ1) is 10.1. The number of benzene rings is 1. The van der Waals surface area contributed by atoms with E-state index in [2.05, 4.69) is 5.92 Å². The Morgan fingerprint density at radius 3 is 2.43 bits per heavy atom. The third-order valence-corrected chi connectivity index (χ3v) is 3.84. The molecule has 4 nitrogen and oxygen atoms in total. The Labute approximate surface area is 125 Å². The average molecular weight is 284 g/mol. The minimum absolute atomic E-state index is 0.0146. The lowest BCUT2D eigenvalue weighted by Crippen LogP contribution is -2.30. The van der Waals surface area contributed by atoms with Gasteiger partial charge in [-0.3, -0.25) is 9.59 Å². The molecule has 0 saturated carbocycles. The zero-order chi connectivity index (χ0) is 15.4. The molecule has 2 amide bonds. The number of terminal acetylenes is 1. The van der Waals surface area contributed by atoms with Gasteiger partial charge in [-0.2, -0.15) is 0 Å². The fourth-order valence-corrected chi connectivity index (χ4v) is 2.55. The number of hydrogen-bond acceptors (Lipinski definition) is 2. The fraction of sp³-hybridized carbons (Fsp3) is 0.412. The van der Waals surface area contributed by atoms with Crippen molar-refractivity contribution in [3.63, 3.8) is 0 Å². The first-order valence-electron chi connectivity index (χ1n) is 7.26. The predicted octanol–water partition coefficient (Wildman–Crippen LogP) is 2.15. The highest BCUT2D eigenvalue weighted by Gasteiger charge is 2.29. The van der Waals surface area contributed by atoms with E-state index in [4.69, 9.17) is 6.42 Å². The Kier molecular flexibility index (Phi) is 4.64. The van der Waals surface area contributed by atoms with Crippen LogP contribution in [-0.4, -0.2) is 36.3 Å². The number of nitrogens with zero attached hydrogens (tertiary/aromatic N) is 2. The molecule has 1 aromatic carbocycles. The first kappa shape index (κ1) is 15.1. The quantitative estimate of drug-likeness (QED) is 0.795. The maximum Gasteiger partial charge on any atom is 0.253 e. The highest BCUT2D eigenvalue weighted by molar-refractivity contribution is 5.98. The van der Waals surface area contributed by atoms with Crippen molar-refractivity contribution in [2.75, 3.05) is 24.5 Å². The molecule has 1 saturated heterocycles. The minimum atomic E-state index is -0.0190. The SMILES string of the molecule is C#CC1CC(=O)N(c2ccc(C(=O)N(CC)CC)cc2)C1. The second-order valence-corrected chi connectivity index (χ2v) is 5.10. The number of carbonyl (C=O) groups is 2. The second kappa shape index (κ2) is 6.45. The summed E-state index contributed by atoms with van der Waals surface area (Å²) in [5.74, 6) is 2.67. The number of carbonyl (C=O) groups excluding carboxylic acids is 2. The van der Waals surface area contributed by atoms with Gasteiger partial charge in [-0.1, -0.05) is 0 Å². The molecule has 1 aromatic rings. The molecular formula is C17H20N2O2. The zero-order valence-electron chi connectivity index (χ0n) is 12.5. The molecular weight excluding hydrogens is 264 g/mol. The summed E-state index contributed by atoms with van der Waals surface area (Å²) in [6.45, 7) is 5.84. The lowest BCUT2D eigenvalue weighted by Gasteiger charge is -2.20. The molecule has 0 radical (unpaired) electrons. The molecule has 110 valence electrons. The molecule has 0 bridgehead atoms. The van der Waals surface area contributed by atoms with Crippen LogP contribution in [0.4, 0.5) is 5.69 Å². The molecule has 2 rings (SSSR count). The molecule has 1 fully saturated rings. The second-order valence-electron chi connectivity index (χ2n) is 5.10. The van der Waals surface area contributed by atoms with Gasteiger partial charge in [0.25, 0.3) is 5.91 Å². The third-order valence-electron chi connectivity index (χ3n) is 3.84. The van der Waals surface area contributed by atoms with Crippen molar-refractivity contribution in [2.45, 2.75) is 20.3 Å². The summed E-state index contributed by atoms with van der Waals surface area (Å²) in [7, 11) is 0. The van der Waals surface area contributed by atoms with E-state index in [1.54, 1.807) is 21.9 Å². The van der Waals surface area contributed by atoms with E-state index in [0.29, 0.717) is 31.6 Å². The van der Waals surface area contributed by atoms with Crippen LogP contribution < -0.4 is 4.90 Å². The van der Waals surface area contributed by atoms with E-state index in [9.17, 15) is 9.59 Å². The molecule has 1 aliphatic rings. The molecule has 0 aliphatic carbocycles. The maximum atomic E-state index is 12.2. The van der Waals surface area contributed by atoms with Crippen LogP contribution in [-0.2, 0) is 4.79 Å². The van der Waals surface area contributed by atoms with E-state index >= 15 is 0 Å². The van der Waals surface area contributed by atoms with E-state index < -0.39 is 0 Å². The molecule has 0 N–H and O–H groups in total. The zero-order valence-corrected chi connectivity index (χ0v) is 12.5. The van der Waals surface area contributed by atoms with Crippen LogP contribution in [0.2, 0.25) is 0 Å². The summed E-state index contributed by atoms with van der Waals surface area (Å²) in [5.41, 5.74) is 1.44. The lowest BCUT2D eigenvalue weighted by atomic mass is 10.1. The maximum absolute atomic E-state index is 12.2. The smallest absolute Gasteiger partial charge is 0.253 e. The van der Waals surface area contributed by atoms with Gasteiger partial charge in [-0.15, -0.1) is 12.3 Å². The van der Waals surface area contributed by atoms with E-state index in [0.717, 1.165) is 5.69 Å². The number of amides is 2. The van der Waals surface area contributed by atoms with Gasteiger partial charge in [0.05, 0.1) is 0 Å². The standard InChI is InChI=1S/C17H20N2O2/c1-4-13-11-16(20)19(12-13)15-9-7-14(8-10-15)17(21)18(5-2)6-3/h1,7-10,13H,5-6,11-12H2,2-3H3. The Hall–Kier alpha value is -2.28. The summed E-state index contributed by atoms with van der Waals surface area (Å²) in [4.78, 5) is 27.6. The fourth-order valence-electron chi connectivity index (χ4n) is 2.55. The van der Waals surface area contributed by atoms with Gasteiger partial charge in [-0.25, -0.2) is 0 Å². The monoisotopic (exact) mass is 284 g/mol. The van der Waals surface area contributed by atoms with Crippen LogP contribution in [0.15, 0.2) is 24.3 Å². The molecule has 1 heterocycles. The Balaban J connectivity index is 2.15. The van der Waals surface area contributed by atoms with E-state index in [1.165, 1.54) is 0 Å². The highest BCUT2D eigenvalue weighted by Crippen LogP contribution is 2.25. The van der Waals surface area contributed by atoms with Crippen LogP contribution in [0.1, 0.15) is 30.6 Å². The Bertz CT molecular complexity index is 567. The van der Waals surface area contributed by atoms with E-state index in [1.807, 2.05) is 26.0 Å². The van der Waals surface area contributed by atoms with Crippen molar-refractivity contribution in [1.82, 2.24) is 4.90 Å². The van der Waals surface area contributed by atoms with Crippen LogP contribution in [0, 0.1) is 18.3 Å². The Morgan fingerprint density at radius 2 is 1.95 bits per heavy atom. The van der Waals surface area contributed by atoms with E-state index in [-0.39, 0.29) is 17.7 Å². The molecule has 1 atom stereocenters. The molecule has 21 heavy (non-hydrogen) atoms. The summed E-state index contributed by atoms with van der Waals surface area (Å²) in [6, 6.07) is 7.17. The first-order valence-corrected chi connectivity index (χ1v) is 7.26. The Morgan fingerprint density at radius 1 is 1.33 bits per heavy atom. The number of anilines is 1. The summed E-state index contributed by atoms with van der Waals surface area (Å²) < 4.78 is 0. The topological polar surface area (TPSA) is 40.6 Å². The lowest BCUT2D eigenvalue weighted by molar-refractivity contribution is -0.117. The summed E-state index contributed by atoms with van der Waals surface area (Å²) >= 11 is 0. The van der Waals surface area contributed by atoms with Crippen molar-refractivity contribution in [1.29, 1.82) is 0 Å². The normalized spacial score (nSPS) is 17.7. The predicted molar refractivity (Wildman–Crippen MR) is 83.0 cm³/mol. The molecule has 1 unspecified atom stereocenters. The van der Waals surface area contributed by atoms with Crippen LogP contribution in [0.25, 0.3) is 0 Å². The highest BCUT2D eigenvalue weighted by atomic mass is 16.2. The van der Waals surface area contributed by atoms with Gasteiger partial charge < -0.3 is 9.80 Å². The molecule has 0 spiro atoms. The van der Waals surface area contributed by atoms with Gasteiger partial charge in [0.1, 0.15) is 0 Å². The van der Waals surface area contributed by atoms with Gasteiger partial charge in [0.15, 0.2) is 0 Å². The number of hydrogen-bond donors (Lipinski definition) is 0. The van der Waals surface area contributed by atoms with Gasteiger partial charge in [0, 0.05) is 43.2 Å². The minimum Gasteiger partial charge on any atom is -0.339 e. The van der Waals surface area contributed by atoms with Gasteiger partial charge >= 0.3 is 0 Å². The summed E-state index contributed by atoms with van der Waals surface area (Å²) in [6.07, 6.45) is 5.78. The van der Waals surface area contributed by atoms with Crippen LogP contribution in [0.5, 0.6) is 0 Å². The van der Waals surface area contributed by atoms with Crippen molar-refractivity contribution < 1.29 is 9.59 Å². The molecule has 1 aliphatic heterocycles. The van der Waals surface area contributed by atoms with Gasteiger partial charge in [-0.05, 0) is 38.1 Å². The average Bonchev–Trinajstić information content (AvgIpc) is 2.89. The molecule has 4 heteroatoms. The third kappa shape index (κ3) is 3.08. The van der Waals surface area contributed by atoms with Crippen LogP contribution in [0.3, 0.4) is 0 Å². The van der Waals surface area contributed by atoms with Crippen LogP contribution >= 0.6 is 0 Å². The van der Waals surface area contributed by atoms with Crippen molar-refractivity contribution in [3.8, 4) is 12.3 Å². The molecule has 0 aromatic heterocycles.